The van der Waals surface area contributed by atoms with Crippen molar-refractivity contribution in [1.29, 1.82) is 0 Å². The van der Waals surface area contributed by atoms with Gasteiger partial charge in [-0.2, -0.15) is 0 Å². The Kier molecular flexibility index (Phi) is 8.06. The highest BCUT2D eigenvalue weighted by Gasteiger charge is 2.66. The molecule has 0 bridgehead atoms. The second kappa shape index (κ2) is 11.6. The minimum Gasteiger partial charge on any atom is -0.497 e. The molecule has 0 aliphatic carbocycles. The number of rotatable bonds is 9. The van der Waals surface area contributed by atoms with Crippen LogP contribution in [0.2, 0.25) is 18.6 Å². The fourth-order valence-electron chi connectivity index (χ4n) is 7.25. The molecule has 8 nitrogen and oxygen atoms in total. The molecule has 4 atom stereocenters. The first-order valence-corrected chi connectivity index (χ1v) is 18.6. The predicted molar refractivity (Wildman–Crippen MR) is 173 cm³/mol. The number of benzene rings is 3. The number of carbonyl (C=O) groups excluding carboxylic acids is 1. The summed E-state index contributed by atoms with van der Waals surface area (Å²) in [6.07, 6.45) is 2.83. The van der Waals surface area contributed by atoms with Gasteiger partial charge in [-0.25, -0.2) is 0 Å². The van der Waals surface area contributed by atoms with Crippen molar-refractivity contribution >= 4 is 46.5 Å². The number of aromatic nitrogens is 3. The van der Waals surface area contributed by atoms with Crippen molar-refractivity contribution in [2.45, 2.75) is 56.7 Å². The molecule has 1 spiro atoms. The van der Waals surface area contributed by atoms with Crippen LogP contribution in [0.3, 0.4) is 0 Å². The molecular weight excluding hydrogens is 624 g/mol. The van der Waals surface area contributed by atoms with Gasteiger partial charge in [-0.3, -0.25) is 14.4 Å². The number of aliphatic hydroxyl groups excluding tert-OH is 1. The number of hydrogen-bond donors (Lipinski definition) is 1. The van der Waals surface area contributed by atoms with E-state index < -0.39 is 13.7 Å². The van der Waals surface area contributed by atoms with Crippen LogP contribution in [0.15, 0.2) is 83.5 Å². The van der Waals surface area contributed by atoms with Crippen molar-refractivity contribution in [3.05, 3.63) is 94.7 Å². The fourth-order valence-corrected chi connectivity index (χ4v) is 11.7. The lowest BCUT2D eigenvalue weighted by Gasteiger charge is -2.37. The predicted octanol–water partition coefficient (Wildman–Crippen LogP) is 5.57. The highest BCUT2D eigenvalue weighted by molar-refractivity contribution is 9.10. The molecule has 10 heteroatoms. The third-order valence-corrected chi connectivity index (χ3v) is 14.2. The smallest absolute Gasteiger partial charge is 0.268 e. The summed E-state index contributed by atoms with van der Waals surface area (Å²) in [7, 11) is -0.574. The second-order valence-electron chi connectivity index (χ2n) is 12.0. The van der Waals surface area contributed by atoms with Gasteiger partial charge in [0.05, 0.1) is 32.7 Å². The molecule has 1 aromatic heterocycles. The number of halogens is 1. The van der Waals surface area contributed by atoms with Crippen LogP contribution >= 0.6 is 15.9 Å². The Balaban J connectivity index is 1.44. The Bertz CT molecular complexity index is 1610. The monoisotopic (exact) mass is 660 g/mol. The molecule has 4 aromatic rings. The summed E-state index contributed by atoms with van der Waals surface area (Å²) in [5.74, 6) is 0.680. The molecule has 2 aliphatic heterocycles. The Labute approximate surface area is 261 Å². The number of methoxy groups -OCH3 is 1. The number of nitrogens with zero attached hydrogens (tertiary/aromatic N) is 4. The Morgan fingerprint density at radius 2 is 1.84 bits per heavy atom. The zero-order valence-electron chi connectivity index (χ0n) is 24.9. The number of para-hydroxylation sites is 1. The average Bonchev–Trinajstić information content (AvgIpc) is 3.66. The normalized spacial score (nSPS) is 23.3. The van der Waals surface area contributed by atoms with E-state index in [0.717, 1.165) is 32.9 Å². The van der Waals surface area contributed by atoms with Crippen LogP contribution in [0.5, 0.6) is 5.75 Å². The second-order valence-corrected chi connectivity index (χ2v) is 17.6. The lowest BCUT2D eigenvalue weighted by Crippen LogP contribution is -2.51. The van der Waals surface area contributed by atoms with E-state index in [1.807, 2.05) is 70.4 Å². The number of aliphatic hydroxyl groups is 1. The number of hydrogen-bond acceptors (Lipinski definition) is 6. The van der Waals surface area contributed by atoms with E-state index in [0.29, 0.717) is 19.4 Å². The van der Waals surface area contributed by atoms with Gasteiger partial charge in [0, 0.05) is 47.4 Å². The molecule has 3 heterocycles. The van der Waals surface area contributed by atoms with Crippen LogP contribution in [0, 0.1) is 5.92 Å². The molecule has 0 saturated carbocycles. The van der Waals surface area contributed by atoms with Crippen molar-refractivity contribution in [1.82, 2.24) is 15.0 Å². The third kappa shape index (κ3) is 5.04. The van der Waals surface area contributed by atoms with Crippen molar-refractivity contribution < 1.29 is 19.4 Å². The van der Waals surface area contributed by atoms with Crippen molar-refractivity contribution in [3.8, 4) is 5.75 Å². The van der Waals surface area contributed by atoms with Gasteiger partial charge in [-0.1, -0.05) is 76.7 Å². The Hall–Kier alpha value is -3.31. The number of aryl methyl sites for hydroxylation is 1. The van der Waals surface area contributed by atoms with Crippen LogP contribution in [0.1, 0.15) is 24.6 Å². The molecule has 1 fully saturated rings. The molecular formula is C33H37BrN4O4Si. The SMILES string of the molecule is COc1ccc([Si](C)(C)[C@@H]2[C@@H](CCn3cc(CCO)nn3)O[C@]3(C(=O)N(c4ccccc4)c4ccc(Br)cc43)[C@H]2C)cc1. The zero-order valence-corrected chi connectivity index (χ0v) is 27.5. The molecule has 1 saturated heterocycles. The van der Waals surface area contributed by atoms with E-state index in [-0.39, 0.29) is 30.1 Å². The number of carbonyl (C=O) groups is 1. The Morgan fingerprint density at radius 1 is 1.09 bits per heavy atom. The van der Waals surface area contributed by atoms with Gasteiger partial charge >= 0.3 is 0 Å². The summed E-state index contributed by atoms with van der Waals surface area (Å²) in [4.78, 5) is 16.7. The summed E-state index contributed by atoms with van der Waals surface area (Å²) in [5.41, 5.74) is 2.33. The number of ether oxygens (including phenoxy) is 2. The molecule has 6 rings (SSSR count). The molecule has 3 aromatic carbocycles. The Morgan fingerprint density at radius 3 is 2.53 bits per heavy atom. The first-order valence-electron chi connectivity index (χ1n) is 14.7. The van der Waals surface area contributed by atoms with Gasteiger partial charge in [0.15, 0.2) is 5.60 Å². The molecule has 224 valence electrons. The largest absolute Gasteiger partial charge is 0.497 e. The fraction of sp³-hybridized carbons (Fsp3) is 0.364. The molecule has 1 N–H and O–H groups in total. The van der Waals surface area contributed by atoms with Gasteiger partial charge in [0.1, 0.15) is 5.75 Å². The van der Waals surface area contributed by atoms with Crippen molar-refractivity contribution in [2.75, 3.05) is 18.6 Å². The van der Waals surface area contributed by atoms with Crippen LogP contribution in [-0.2, 0) is 28.1 Å². The van der Waals surface area contributed by atoms with Crippen molar-refractivity contribution in [3.63, 3.8) is 0 Å². The molecule has 2 aliphatic rings. The van der Waals surface area contributed by atoms with Crippen molar-refractivity contribution in [2.24, 2.45) is 5.92 Å². The summed E-state index contributed by atoms with van der Waals surface area (Å²) in [6, 6.07) is 24.3. The van der Waals surface area contributed by atoms with E-state index in [9.17, 15) is 9.90 Å². The number of anilines is 2. The molecule has 1 amide bonds. The highest BCUT2D eigenvalue weighted by atomic mass is 79.9. The summed E-state index contributed by atoms with van der Waals surface area (Å²) in [5, 5.41) is 19.1. The van der Waals surface area contributed by atoms with Gasteiger partial charge in [0.25, 0.3) is 5.91 Å². The standard InChI is InChI=1S/C33H37BrN4O4Si/c1-22-31(43(3,4)27-13-11-26(41-2)12-14-27)30(16-18-37-21-24(17-19-39)35-36-37)42-33(22)28-20-23(34)10-15-29(28)38(32(33)40)25-8-6-5-7-9-25/h5-15,20-22,30-31,39H,16-19H2,1-4H3/t22-,30+,31-,33+/m0/s1. The van der Waals surface area contributed by atoms with E-state index in [4.69, 9.17) is 9.47 Å². The number of fused-ring (bicyclic) bond motifs is 2. The third-order valence-electron chi connectivity index (χ3n) is 9.32. The minimum atomic E-state index is -2.25. The quantitative estimate of drug-likeness (QED) is 0.236. The lowest BCUT2D eigenvalue weighted by atomic mass is 9.82. The van der Waals surface area contributed by atoms with Crippen LogP contribution < -0.4 is 14.8 Å². The van der Waals surface area contributed by atoms with Gasteiger partial charge in [-0.05, 0) is 54.4 Å². The minimum absolute atomic E-state index is 0.0309. The van der Waals surface area contributed by atoms with Gasteiger partial charge < -0.3 is 14.6 Å². The topological polar surface area (TPSA) is 89.7 Å². The molecule has 0 radical (unpaired) electrons. The highest BCUT2D eigenvalue weighted by Crippen LogP contribution is 2.61. The van der Waals surface area contributed by atoms with Crippen LogP contribution in [0.25, 0.3) is 0 Å². The summed E-state index contributed by atoms with van der Waals surface area (Å²) in [6.45, 7) is 7.60. The van der Waals surface area contributed by atoms with E-state index in [1.165, 1.54) is 5.19 Å². The maximum absolute atomic E-state index is 14.8. The average molecular weight is 662 g/mol. The maximum atomic E-state index is 14.8. The summed E-state index contributed by atoms with van der Waals surface area (Å²) < 4.78 is 15.4. The van der Waals surface area contributed by atoms with E-state index in [1.54, 1.807) is 7.11 Å². The van der Waals surface area contributed by atoms with Gasteiger partial charge in [-0.15, -0.1) is 5.10 Å². The maximum Gasteiger partial charge on any atom is 0.268 e. The first kappa shape index (κ1) is 29.7. The number of amides is 1. The zero-order chi connectivity index (χ0) is 30.4. The lowest BCUT2D eigenvalue weighted by molar-refractivity contribution is -0.145. The first-order chi connectivity index (χ1) is 20.7. The summed E-state index contributed by atoms with van der Waals surface area (Å²) >= 11 is 3.68. The van der Waals surface area contributed by atoms with Crippen LogP contribution in [0.4, 0.5) is 11.4 Å². The molecule has 43 heavy (non-hydrogen) atoms. The molecule has 0 unspecified atom stereocenters. The van der Waals surface area contributed by atoms with Gasteiger partial charge in [0.2, 0.25) is 0 Å². The van der Waals surface area contributed by atoms with E-state index >= 15 is 0 Å². The van der Waals surface area contributed by atoms with E-state index in [2.05, 4.69) is 64.5 Å². The van der Waals surface area contributed by atoms with Crippen LogP contribution in [-0.4, -0.2) is 53.9 Å².